The Kier molecular flexibility index (Phi) is 4.75. The van der Waals surface area contributed by atoms with Crippen molar-refractivity contribution in [2.45, 2.75) is 39.2 Å². The minimum absolute atomic E-state index is 0.216. The molecule has 2 rings (SSSR count). The number of anilines is 1. The fourth-order valence-corrected chi connectivity index (χ4v) is 1.93. The molecule has 0 aliphatic carbocycles. The van der Waals surface area contributed by atoms with E-state index in [0.29, 0.717) is 5.88 Å². The van der Waals surface area contributed by atoms with Gasteiger partial charge in [-0.1, -0.05) is 6.92 Å². The number of aromatic nitrogens is 2. The average molecular weight is 251 g/mol. The Hall–Kier alpha value is -1.36. The number of rotatable bonds is 5. The highest BCUT2D eigenvalue weighted by atomic mass is 16.5. The molecule has 0 spiro atoms. The molecule has 5 nitrogen and oxygen atoms in total. The molecular formula is C13H21N3O2. The second-order valence-corrected chi connectivity index (χ2v) is 4.32. The van der Waals surface area contributed by atoms with Crippen LogP contribution in [-0.4, -0.2) is 35.8 Å². The lowest BCUT2D eigenvalue weighted by molar-refractivity contribution is 0.0236. The second-order valence-electron chi connectivity index (χ2n) is 4.32. The van der Waals surface area contributed by atoms with Crippen LogP contribution in [0.1, 0.15) is 32.5 Å². The third-order valence-corrected chi connectivity index (χ3v) is 2.88. The molecule has 0 bridgehead atoms. The molecule has 1 aromatic rings. The van der Waals surface area contributed by atoms with Crippen LogP contribution in [0.5, 0.6) is 5.88 Å². The van der Waals surface area contributed by atoms with Gasteiger partial charge < -0.3 is 14.8 Å². The zero-order valence-corrected chi connectivity index (χ0v) is 11.1. The first-order chi connectivity index (χ1) is 8.81. The lowest BCUT2D eigenvalue weighted by Crippen LogP contribution is -2.26. The Labute approximate surface area is 108 Å². The van der Waals surface area contributed by atoms with Gasteiger partial charge in [0.2, 0.25) is 5.88 Å². The van der Waals surface area contributed by atoms with Crippen LogP contribution in [0, 0.1) is 0 Å². The summed E-state index contributed by atoms with van der Waals surface area (Å²) in [6.07, 6.45) is 2.89. The van der Waals surface area contributed by atoms with Gasteiger partial charge in [-0.15, -0.1) is 0 Å². The summed E-state index contributed by atoms with van der Waals surface area (Å²) in [5.74, 6) is 2.33. The molecule has 2 heterocycles. The number of hydrogen-bond acceptors (Lipinski definition) is 5. The van der Waals surface area contributed by atoms with Crippen molar-refractivity contribution in [3.8, 4) is 5.88 Å². The summed E-state index contributed by atoms with van der Waals surface area (Å²) in [4.78, 5) is 8.82. The van der Waals surface area contributed by atoms with Crippen LogP contribution in [-0.2, 0) is 11.2 Å². The van der Waals surface area contributed by atoms with Crippen LogP contribution in [0.3, 0.4) is 0 Å². The van der Waals surface area contributed by atoms with Crippen LogP contribution in [0.25, 0.3) is 0 Å². The fraction of sp³-hybridized carbons (Fsp3) is 0.692. The van der Waals surface area contributed by atoms with Crippen LogP contribution >= 0.6 is 0 Å². The van der Waals surface area contributed by atoms with Crippen molar-refractivity contribution >= 4 is 5.82 Å². The van der Waals surface area contributed by atoms with E-state index in [2.05, 4.69) is 15.3 Å². The number of nitrogens with one attached hydrogen (secondary N) is 1. The number of ether oxygens (including phenoxy) is 2. The van der Waals surface area contributed by atoms with Crippen LogP contribution in [0.15, 0.2) is 6.07 Å². The standard InChI is InChI=1S/C13H21N3O2/c1-3-11-15-12(14-4-2)9-13(16-11)18-10-5-7-17-8-6-10/h9-10H,3-8H2,1-2H3,(H,14,15,16). The molecule has 100 valence electrons. The molecule has 1 aliphatic rings. The third kappa shape index (κ3) is 3.57. The first-order valence-corrected chi connectivity index (χ1v) is 6.68. The third-order valence-electron chi connectivity index (χ3n) is 2.88. The predicted molar refractivity (Wildman–Crippen MR) is 70.0 cm³/mol. The van der Waals surface area contributed by atoms with Crippen molar-refractivity contribution < 1.29 is 9.47 Å². The molecule has 0 aromatic carbocycles. The highest BCUT2D eigenvalue weighted by Crippen LogP contribution is 2.19. The van der Waals surface area contributed by atoms with Crippen LogP contribution in [0.4, 0.5) is 5.82 Å². The Morgan fingerprint density at radius 3 is 2.78 bits per heavy atom. The Balaban J connectivity index is 2.07. The van der Waals surface area contributed by atoms with Crippen molar-refractivity contribution in [3.05, 3.63) is 11.9 Å². The average Bonchev–Trinajstić information content (AvgIpc) is 2.40. The summed E-state index contributed by atoms with van der Waals surface area (Å²) in [5.41, 5.74) is 0. The van der Waals surface area contributed by atoms with E-state index in [1.165, 1.54) is 0 Å². The minimum atomic E-state index is 0.216. The molecule has 0 amide bonds. The van der Waals surface area contributed by atoms with E-state index >= 15 is 0 Å². The normalized spacial score (nSPS) is 16.6. The van der Waals surface area contributed by atoms with E-state index in [4.69, 9.17) is 9.47 Å². The van der Waals surface area contributed by atoms with Crippen LogP contribution in [0.2, 0.25) is 0 Å². The molecule has 1 fully saturated rings. The monoisotopic (exact) mass is 251 g/mol. The number of aryl methyl sites for hydroxylation is 1. The molecular weight excluding hydrogens is 230 g/mol. The maximum atomic E-state index is 5.91. The molecule has 1 saturated heterocycles. The maximum Gasteiger partial charge on any atom is 0.219 e. The molecule has 1 aromatic heterocycles. The smallest absolute Gasteiger partial charge is 0.219 e. The van der Waals surface area contributed by atoms with Crippen molar-refractivity contribution in [3.63, 3.8) is 0 Å². The minimum Gasteiger partial charge on any atom is -0.474 e. The van der Waals surface area contributed by atoms with Crippen molar-refractivity contribution in [2.24, 2.45) is 0 Å². The predicted octanol–water partition coefficient (Wildman–Crippen LogP) is 2.03. The van der Waals surface area contributed by atoms with E-state index in [0.717, 1.165) is 50.7 Å². The van der Waals surface area contributed by atoms with Gasteiger partial charge in [0.25, 0.3) is 0 Å². The van der Waals surface area contributed by atoms with Gasteiger partial charge in [-0.3, -0.25) is 0 Å². The zero-order valence-electron chi connectivity index (χ0n) is 11.1. The Bertz CT molecular complexity index is 378. The Morgan fingerprint density at radius 1 is 1.33 bits per heavy atom. The van der Waals surface area contributed by atoms with Gasteiger partial charge in [0.1, 0.15) is 17.7 Å². The zero-order chi connectivity index (χ0) is 12.8. The van der Waals surface area contributed by atoms with Gasteiger partial charge in [-0.05, 0) is 6.92 Å². The van der Waals surface area contributed by atoms with Gasteiger partial charge in [0.15, 0.2) is 0 Å². The van der Waals surface area contributed by atoms with E-state index in [1.807, 2.05) is 19.9 Å². The second kappa shape index (κ2) is 6.54. The molecule has 1 N–H and O–H groups in total. The van der Waals surface area contributed by atoms with Gasteiger partial charge in [0, 0.05) is 31.9 Å². The van der Waals surface area contributed by atoms with Crippen molar-refractivity contribution in [2.75, 3.05) is 25.1 Å². The molecule has 0 saturated carbocycles. The molecule has 0 atom stereocenters. The maximum absolute atomic E-state index is 5.91. The lowest BCUT2D eigenvalue weighted by atomic mass is 10.1. The van der Waals surface area contributed by atoms with E-state index in [9.17, 15) is 0 Å². The van der Waals surface area contributed by atoms with Gasteiger partial charge in [-0.2, -0.15) is 4.98 Å². The number of nitrogens with zero attached hydrogens (tertiary/aromatic N) is 2. The summed E-state index contributed by atoms with van der Waals surface area (Å²) in [7, 11) is 0. The van der Waals surface area contributed by atoms with Crippen LogP contribution < -0.4 is 10.1 Å². The highest BCUT2D eigenvalue weighted by Gasteiger charge is 2.16. The van der Waals surface area contributed by atoms with Crippen molar-refractivity contribution in [1.82, 2.24) is 9.97 Å². The molecule has 18 heavy (non-hydrogen) atoms. The Morgan fingerprint density at radius 2 is 2.11 bits per heavy atom. The summed E-state index contributed by atoms with van der Waals surface area (Å²) >= 11 is 0. The molecule has 1 aliphatic heterocycles. The highest BCUT2D eigenvalue weighted by molar-refractivity contribution is 5.38. The van der Waals surface area contributed by atoms with E-state index in [-0.39, 0.29) is 6.10 Å². The quantitative estimate of drug-likeness (QED) is 0.867. The lowest BCUT2D eigenvalue weighted by Gasteiger charge is -2.23. The van der Waals surface area contributed by atoms with Gasteiger partial charge >= 0.3 is 0 Å². The van der Waals surface area contributed by atoms with Gasteiger partial charge in [-0.25, -0.2) is 4.98 Å². The first-order valence-electron chi connectivity index (χ1n) is 6.68. The molecule has 0 radical (unpaired) electrons. The van der Waals surface area contributed by atoms with E-state index in [1.54, 1.807) is 0 Å². The van der Waals surface area contributed by atoms with Gasteiger partial charge in [0.05, 0.1) is 13.2 Å². The largest absolute Gasteiger partial charge is 0.474 e. The molecule has 5 heteroatoms. The first kappa shape index (κ1) is 13.1. The summed E-state index contributed by atoms with van der Waals surface area (Å²) < 4.78 is 11.2. The van der Waals surface area contributed by atoms with E-state index < -0.39 is 0 Å². The fourth-order valence-electron chi connectivity index (χ4n) is 1.93. The summed E-state index contributed by atoms with van der Waals surface area (Å²) in [5, 5.41) is 3.20. The summed E-state index contributed by atoms with van der Waals surface area (Å²) in [6, 6.07) is 1.87. The SMILES string of the molecule is CCNc1cc(OC2CCOCC2)nc(CC)n1. The van der Waals surface area contributed by atoms with Crippen molar-refractivity contribution in [1.29, 1.82) is 0 Å². The molecule has 0 unspecified atom stereocenters. The topological polar surface area (TPSA) is 56.3 Å². The summed E-state index contributed by atoms with van der Waals surface area (Å²) in [6.45, 7) is 6.49. The number of hydrogen-bond donors (Lipinski definition) is 1.